The van der Waals surface area contributed by atoms with Gasteiger partial charge in [-0.2, -0.15) is 0 Å². The third-order valence-corrected chi connectivity index (χ3v) is 12.9. The first-order valence-corrected chi connectivity index (χ1v) is 14.5. The van der Waals surface area contributed by atoms with E-state index in [9.17, 15) is 4.79 Å². The fourth-order valence-corrected chi connectivity index (χ4v) is 12.6. The number of hydrogen-bond donors (Lipinski definition) is 0. The summed E-state index contributed by atoms with van der Waals surface area (Å²) in [6, 6.07) is 0. The summed E-state index contributed by atoms with van der Waals surface area (Å²) in [7, 11) is 0. The van der Waals surface area contributed by atoms with Crippen LogP contribution >= 0.6 is 11.3 Å². The molecule has 0 unspecified atom stereocenters. The van der Waals surface area contributed by atoms with Crippen molar-refractivity contribution in [2.24, 2.45) is 0 Å². The Labute approximate surface area is 179 Å². The third-order valence-electron chi connectivity index (χ3n) is 5.41. The van der Waals surface area contributed by atoms with Crippen LogP contribution in [0.1, 0.15) is 109 Å². The molecule has 0 bridgehead atoms. The average molecular weight is 495 g/mol. The van der Waals surface area contributed by atoms with Crippen molar-refractivity contribution < 1.29 is 4.79 Å². The van der Waals surface area contributed by atoms with Gasteiger partial charge in [0.25, 0.3) is 0 Å². The van der Waals surface area contributed by atoms with Crippen molar-refractivity contribution in [3.05, 3.63) is 18.2 Å². The van der Waals surface area contributed by atoms with E-state index < -0.39 is 21.1 Å². The van der Waals surface area contributed by atoms with Crippen molar-refractivity contribution in [3.8, 4) is 0 Å². The summed E-state index contributed by atoms with van der Waals surface area (Å²) >= 11 is 0.975. The van der Waals surface area contributed by atoms with Crippen LogP contribution in [0.15, 0.2) is 12.5 Å². The van der Waals surface area contributed by atoms with Gasteiger partial charge in [0.1, 0.15) is 0 Å². The van der Waals surface area contributed by atoms with Crippen LogP contribution in [0.25, 0.3) is 4.83 Å². The maximum atomic E-state index is 13.0. The van der Waals surface area contributed by atoms with Crippen molar-refractivity contribution in [2.45, 2.75) is 102 Å². The van der Waals surface area contributed by atoms with Crippen molar-refractivity contribution in [1.29, 1.82) is 0 Å². The average Bonchev–Trinajstić information content (AvgIpc) is 3.23. The molecule has 0 atom stereocenters. The minimum absolute atomic E-state index is 0.327. The fourth-order valence-electron chi connectivity index (χ4n) is 3.83. The van der Waals surface area contributed by atoms with E-state index in [1.54, 1.807) is 0 Å². The quantitative estimate of drug-likeness (QED) is 0.224. The molecule has 0 saturated carbocycles. The zero-order valence-electron chi connectivity index (χ0n) is 17.6. The Hall–Kier alpha value is -0.361. The predicted octanol–water partition coefficient (Wildman–Crippen LogP) is 6.44. The van der Waals surface area contributed by atoms with E-state index in [0.29, 0.717) is 15.6 Å². The van der Waals surface area contributed by atoms with Crippen LogP contribution in [0.3, 0.4) is 0 Å². The van der Waals surface area contributed by atoms with E-state index in [4.69, 9.17) is 0 Å². The molecule has 27 heavy (non-hydrogen) atoms. The Kier molecular flexibility index (Phi) is 9.84. The van der Waals surface area contributed by atoms with E-state index in [1.165, 1.54) is 60.7 Å². The van der Waals surface area contributed by atoms with Gasteiger partial charge in [-0.05, 0) is 0 Å². The molecule has 0 aliphatic carbocycles. The summed E-state index contributed by atoms with van der Waals surface area (Å²) in [5.74, 6) is 0.327. The Morgan fingerprint density at radius 2 is 1.63 bits per heavy atom. The molecule has 2 heterocycles. The Morgan fingerprint density at radius 3 is 2.15 bits per heavy atom. The van der Waals surface area contributed by atoms with Gasteiger partial charge >= 0.3 is 180 Å². The molecule has 0 aliphatic heterocycles. The molecular formula is C22H36N2OSSn. The molecule has 0 saturated heterocycles. The predicted molar refractivity (Wildman–Crippen MR) is 119 cm³/mol. The van der Waals surface area contributed by atoms with Gasteiger partial charge in [0.2, 0.25) is 0 Å². The molecule has 0 N–H and O–H groups in total. The number of Topliss-reactive ketones (excluding diaryl/α,β-unsaturated/α-hetero) is 1. The molecule has 0 amide bonds. The minimum atomic E-state index is -0.892. The molecule has 3 nitrogen and oxygen atoms in total. The van der Waals surface area contributed by atoms with Crippen LogP contribution in [-0.2, 0) is 0 Å². The van der Waals surface area contributed by atoms with Crippen molar-refractivity contribution in [3.63, 3.8) is 0 Å². The Balaban J connectivity index is 2.40. The second kappa shape index (κ2) is 11.6. The molecule has 0 aromatic carbocycles. The third kappa shape index (κ3) is 6.06. The van der Waals surface area contributed by atoms with Crippen LogP contribution < -0.4 is 2.89 Å². The number of carbonyl (C=O) groups excluding carboxylic acids is 1. The van der Waals surface area contributed by atoms with E-state index in [1.807, 2.05) is 23.9 Å². The van der Waals surface area contributed by atoms with E-state index in [-0.39, 0.29) is 0 Å². The zero-order valence-corrected chi connectivity index (χ0v) is 21.3. The Bertz CT molecular complexity index is 685. The van der Waals surface area contributed by atoms with E-state index in [2.05, 4.69) is 37.1 Å². The molecule has 5 heteroatoms. The number of aromatic nitrogens is 2. The van der Waals surface area contributed by atoms with Crippen LogP contribution in [0.5, 0.6) is 0 Å². The topological polar surface area (TPSA) is 34.4 Å². The van der Waals surface area contributed by atoms with Gasteiger partial charge in [-0.3, -0.25) is 0 Å². The molecule has 150 valence electrons. The van der Waals surface area contributed by atoms with Crippen LogP contribution in [0, 0.1) is 0 Å². The van der Waals surface area contributed by atoms with Crippen molar-refractivity contribution in [2.75, 3.05) is 0 Å². The standard InChI is InChI=1S/C13H27.C9H9N2OS.Sn/c1-4-7-10-13(11-8-5-2)12-9-6-3;1-2-3-8(12)7-5-13-9-4-10-6-11(7)9;/h4-12H2,1-3H3;4,6H,2-3H2,1H3;. The van der Waals surface area contributed by atoms with E-state index >= 15 is 0 Å². The molecule has 2 radical (unpaired) electrons. The van der Waals surface area contributed by atoms with Gasteiger partial charge in [-0.1, -0.05) is 0 Å². The molecule has 0 aliphatic rings. The summed E-state index contributed by atoms with van der Waals surface area (Å²) < 4.78 is 4.07. The Morgan fingerprint density at radius 1 is 1.04 bits per heavy atom. The number of imidazole rings is 1. The first kappa shape index (κ1) is 22.9. The van der Waals surface area contributed by atoms with E-state index in [0.717, 1.165) is 16.9 Å². The van der Waals surface area contributed by atoms with Gasteiger partial charge in [-0.25, -0.2) is 0 Å². The monoisotopic (exact) mass is 496 g/mol. The molecule has 0 spiro atoms. The van der Waals surface area contributed by atoms with Crippen molar-refractivity contribution >= 4 is 46.0 Å². The van der Waals surface area contributed by atoms with Gasteiger partial charge in [0.15, 0.2) is 0 Å². The first-order valence-electron chi connectivity index (χ1n) is 10.9. The summed E-state index contributed by atoms with van der Waals surface area (Å²) in [4.78, 5) is 18.4. The normalized spacial score (nSPS) is 12.1. The van der Waals surface area contributed by atoms with Crippen LogP contribution in [0.4, 0.5) is 0 Å². The molecule has 2 aromatic heterocycles. The number of thiazole rings is 1. The van der Waals surface area contributed by atoms with Gasteiger partial charge in [0.05, 0.1) is 0 Å². The number of fused-ring (bicyclic) bond motifs is 1. The number of unbranched alkanes of at least 4 members (excludes halogenated alkanes) is 3. The number of rotatable bonds is 14. The van der Waals surface area contributed by atoms with Crippen molar-refractivity contribution in [1.82, 2.24) is 9.38 Å². The molecular weight excluding hydrogens is 459 g/mol. The van der Waals surface area contributed by atoms with Crippen LogP contribution in [-0.4, -0.2) is 36.3 Å². The molecule has 2 rings (SSSR count). The number of carbonyl (C=O) groups is 1. The molecule has 2 aromatic rings. The number of hydrogen-bond acceptors (Lipinski definition) is 3. The second-order valence-electron chi connectivity index (χ2n) is 7.77. The zero-order chi connectivity index (χ0) is 19.7. The SMILES string of the molecule is CCCC[C](CCCC)(CCCC)[Sn][c]1sc2cncn2c1C(=O)CCC. The first-order chi connectivity index (χ1) is 13.1. The summed E-state index contributed by atoms with van der Waals surface area (Å²) in [6.45, 7) is 9.04. The van der Waals surface area contributed by atoms with Gasteiger partial charge in [0, 0.05) is 0 Å². The number of ketones is 1. The maximum absolute atomic E-state index is 13.0. The summed E-state index contributed by atoms with van der Waals surface area (Å²) in [5, 5.41) is 0. The van der Waals surface area contributed by atoms with Gasteiger partial charge in [-0.15, -0.1) is 0 Å². The second-order valence-corrected chi connectivity index (χ2v) is 15.0. The summed E-state index contributed by atoms with van der Waals surface area (Å²) in [6.07, 6.45) is 17.3. The summed E-state index contributed by atoms with van der Waals surface area (Å²) in [5.41, 5.74) is 0.995. The number of nitrogens with zero attached hydrogens (tertiary/aromatic N) is 2. The van der Waals surface area contributed by atoms with Crippen LogP contribution in [0.2, 0.25) is 3.43 Å². The fraction of sp³-hybridized carbons (Fsp3) is 0.727. The van der Waals surface area contributed by atoms with Gasteiger partial charge < -0.3 is 0 Å². The molecule has 0 fully saturated rings.